The van der Waals surface area contributed by atoms with Crippen LogP contribution < -0.4 is 0 Å². The van der Waals surface area contributed by atoms with E-state index in [9.17, 15) is 9.59 Å². The maximum atomic E-state index is 12.3. The minimum Gasteiger partial charge on any atom is -0.481 e. The molecule has 0 aliphatic heterocycles. The minimum atomic E-state index is -0.877. The number of aryl methyl sites for hydroxylation is 1. The Kier molecular flexibility index (Phi) is 3.82. The number of carbonyl (C=O) groups excluding carboxylic acids is 1. The molecule has 0 saturated heterocycles. The predicted molar refractivity (Wildman–Crippen MR) is 66.1 cm³/mol. The fraction of sp³-hybridized carbons (Fsp3) is 0.667. The molecule has 0 radical (unpaired) electrons. The lowest BCUT2D eigenvalue weighted by molar-refractivity contribution is -0.148. The van der Waals surface area contributed by atoms with E-state index in [0.717, 1.165) is 6.42 Å². The SMILES string of the molecule is Cc1nc(CN(C)C(=O)[C@@H]2CCC[C@@H]2C(=O)O)n[nH]1. The number of hydrogen-bond acceptors (Lipinski definition) is 4. The molecule has 104 valence electrons. The van der Waals surface area contributed by atoms with Gasteiger partial charge in [0.1, 0.15) is 5.82 Å². The predicted octanol–water partition coefficient (Wildman–Crippen LogP) is 0.572. The standard InChI is InChI=1S/C12H18N4O3/c1-7-13-10(15-14-7)6-16(2)11(17)8-4-3-5-9(8)12(18)19/h8-9H,3-6H2,1-2H3,(H,18,19)(H,13,14,15)/t8-,9+/m1/s1. The largest absolute Gasteiger partial charge is 0.481 e. The molecule has 1 saturated carbocycles. The van der Waals surface area contributed by atoms with Gasteiger partial charge in [-0.25, -0.2) is 4.98 Å². The third-order valence-corrected chi connectivity index (χ3v) is 3.55. The number of rotatable bonds is 4. The Bertz CT molecular complexity index is 485. The molecule has 2 rings (SSSR count). The molecule has 7 heteroatoms. The third-order valence-electron chi connectivity index (χ3n) is 3.55. The second kappa shape index (κ2) is 5.38. The van der Waals surface area contributed by atoms with E-state index in [1.54, 1.807) is 14.0 Å². The van der Waals surface area contributed by atoms with Crippen molar-refractivity contribution in [2.75, 3.05) is 7.05 Å². The number of hydrogen-bond donors (Lipinski definition) is 2. The number of nitrogens with zero attached hydrogens (tertiary/aromatic N) is 3. The van der Waals surface area contributed by atoms with E-state index in [1.165, 1.54) is 4.90 Å². The number of carbonyl (C=O) groups is 2. The summed E-state index contributed by atoms with van der Waals surface area (Å²) in [7, 11) is 1.66. The fourth-order valence-electron chi connectivity index (χ4n) is 2.58. The summed E-state index contributed by atoms with van der Waals surface area (Å²) in [6.45, 7) is 2.09. The molecule has 7 nitrogen and oxygen atoms in total. The number of H-pyrrole nitrogens is 1. The van der Waals surface area contributed by atoms with Crippen molar-refractivity contribution in [3.8, 4) is 0 Å². The molecule has 1 aliphatic carbocycles. The number of aromatic nitrogens is 3. The molecule has 1 amide bonds. The van der Waals surface area contributed by atoms with Gasteiger partial charge in [0.25, 0.3) is 0 Å². The second-order valence-electron chi connectivity index (χ2n) is 5.01. The number of carboxylic acids is 1. The fourth-order valence-corrected chi connectivity index (χ4v) is 2.58. The minimum absolute atomic E-state index is 0.132. The molecule has 0 aromatic carbocycles. The number of nitrogens with one attached hydrogen (secondary N) is 1. The Hall–Kier alpha value is -1.92. The van der Waals surface area contributed by atoms with Crippen molar-refractivity contribution in [2.24, 2.45) is 11.8 Å². The van der Waals surface area contributed by atoms with Crippen molar-refractivity contribution in [3.63, 3.8) is 0 Å². The lowest BCUT2D eigenvalue weighted by atomic mass is 9.95. The Morgan fingerprint density at radius 2 is 2.11 bits per heavy atom. The lowest BCUT2D eigenvalue weighted by Gasteiger charge is -2.22. The first kappa shape index (κ1) is 13.5. The maximum absolute atomic E-state index is 12.3. The lowest BCUT2D eigenvalue weighted by Crippen LogP contribution is -2.36. The summed E-state index contributed by atoms with van der Waals surface area (Å²) in [5.41, 5.74) is 0. The van der Waals surface area contributed by atoms with Crippen LogP contribution in [0.5, 0.6) is 0 Å². The highest BCUT2D eigenvalue weighted by molar-refractivity contribution is 5.85. The summed E-state index contributed by atoms with van der Waals surface area (Å²) in [5.74, 6) is -0.741. The van der Waals surface area contributed by atoms with Crippen molar-refractivity contribution in [1.82, 2.24) is 20.1 Å². The van der Waals surface area contributed by atoms with Crippen molar-refractivity contribution < 1.29 is 14.7 Å². The third kappa shape index (κ3) is 2.91. The number of aliphatic carboxylic acids is 1. The first-order valence-corrected chi connectivity index (χ1v) is 6.34. The molecule has 2 N–H and O–H groups in total. The average Bonchev–Trinajstić information content (AvgIpc) is 2.97. The van der Waals surface area contributed by atoms with Gasteiger partial charge in [0.2, 0.25) is 5.91 Å². The van der Waals surface area contributed by atoms with Crippen LogP contribution in [0.1, 0.15) is 30.9 Å². The van der Waals surface area contributed by atoms with E-state index in [4.69, 9.17) is 5.11 Å². The van der Waals surface area contributed by atoms with Crippen LogP contribution in [-0.2, 0) is 16.1 Å². The summed E-state index contributed by atoms with van der Waals surface area (Å²) in [6, 6.07) is 0. The van der Waals surface area contributed by atoms with Crippen molar-refractivity contribution in [3.05, 3.63) is 11.6 Å². The molecule has 1 heterocycles. The molecule has 0 spiro atoms. The zero-order valence-corrected chi connectivity index (χ0v) is 11.1. The van der Waals surface area contributed by atoms with Gasteiger partial charge in [-0.15, -0.1) is 0 Å². The second-order valence-corrected chi connectivity index (χ2v) is 5.01. The van der Waals surface area contributed by atoms with Crippen LogP contribution in [0.2, 0.25) is 0 Å². The molecular formula is C12H18N4O3. The Morgan fingerprint density at radius 1 is 1.42 bits per heavy atom. The van der Waals surface area contributed by atoms with Crippen LogP contribution in [0.4, 0.5) is 0 Å². The van der Waals surface area contributed by atoms with E-state index in [1.807, 2.05) is 0 Å². The highest BCUT2D eigenvalue weighted by atomic mass is 16.4. The molecule has 2 atom stereocenters. The summed E-state index contributed by atoms with van der Waals surface area (Å²) in [4.78, 5) is 29.0. The molecule has 1 fully saturated rings. The van der Waals surface area contributed by atoms with Gasteiger partial charge in [0.05, 0.1) is 18.4 Å². The highest BCUT2D eigenvalue weighted by Gasteiger charge is 2.39. The van der Waals surface area contributed by atoms with Crippen LogP contribution in [0.25, 0.3) is 0 Å². The monoisotopic (exact) mass is 266 g/mol. The zero-order valence-electron chi connectivity index (χ0n) is 11.1. The van der Waals surface area contributed by atoms with Gasteiger partial charge in [-0.2, -0.15) is 5.10 Å². The smallest absolute Gasteiger partial charge is 0.307 e. The number of aromatic amines is 1. The van der Waals surface area contributed by atoms with E-state index in [0.29, 0.717) is 31.0 Å². The van der Waals surface area contributed by atoms with Gasteiger partial charge in [-0.05, 0) is 19.8 Å². The first-order valence-electron chi connectivity index (χ1n) is 6.34. The van der Waals surface area contributed by atoms with E-state index in [2.05, 4.69) is 15.2 Å². The summed E-state index contributed by atoms with van der Waals surface area (Å²) >= 11 is 0. The normalized spacial score (nSPS) is 22.4. The Balaban J connectivity index is 2.00. The zero-order chi connectivity index (χ0) is 14.0. The van der Waals surface area contributed by atoms with Gasteiger partial charge in [0.15, 0.2) is 5.82 Å². The van der Waals surface area contributed by atoms with E-state index >= 15 is 0 Å². The number of carboxylic acid groups (broad SMARTS) is 1. The van der Waals surface area contributed by atoms with Crippen molar-refractivity contribution >= 4 is 11.9 Å². The molecule has 1 aromatic heterocycles. The topological polar surface area (TPSA) is 99.2 Å². The summed E-state index contributed by atoms with van der Waals surface area (Å²) in [6.07, 6.45) is 2.02. The molecule has 19 heavy (non-hydrogen) atoms. The molecule has 0 bridgehead atoms. The molecule has 0 unspecified atom stereocenters. The van der Waals surface area contributed by atoms with Crippen molar-refractivity contribution in [2.45, 2.75) is 32.7 Å². The van der Waals surface area contributed by atoms with Crippen LogP contribution in [0.15, 0.2) is 0 Å². The number of amides is 1. The molecule has 1 aliphatic rings. The molecular weight excluding hydrogens is 248 g/mol. The van der Waals surface area contributed by atoms with E-state index < -0.39 is 17.8 Å². The van der Waals surface area contributed by atoms with Crippen LogP contribution in [0.3, 0.4) is 0 Å². The van der Waals surface area contributed by atoms with Gasteiger partial charge >= 0.3 is 5.97 Å². The maximum Gasteiger partial charge on any atom is 0.307 e. The van der Waals surface area contributed by atoms with Crippen molar-refractivity contribution in [1.29, 1.82) is 0 Å². The van der Waals surface area contributed by atoms with Gasteiger partial charge in [0, 0.05) is 7.05 Å². The summed E-state index contributed by atoms with van der Waals surface area (Å²) < 4.78 is 0. The molecule has 1 aromatic rings. The first-order chi connectivity index (χ1) is 8.99. The van der Waals surface area contributed by atoms with Gasteiger partial charge < -0.3 is 10.0 Å². The highest BCUT2D eigenvalue weighted by Crippen LogP contribution is 2.33. The Morgan fingerprint density at radius 3 is 2.68 bits per heavy atom. The Labute approximate surface area is 111 Å². The summed E-state index contributed by atoms with van der Waals surface area (Å²) in [5, 5.41) is 15.8. The van der Waals surface area contributed by atoms with Crippen LogP contribution in [0, 0.1) is 18.8 Å². The average molecular weight is 266 g/mol. The van der Waals surface area contributed by atoms with E-state index in [-0.39, 0.29) is 5.91 Å². The quantitative estimate of drug-likeness (QED) is 0.830. The van der Waals surface area contributed by atoms with Gasteiger partial charge in [-0.3, -0.25) is 14.7 Å². The van der Waals surface area contributed by atoms with Crippen LogP contribution >= 0.6 is 0 Å². The van der Waals surface area contributed by atoms with Gasteiger partial charge in [-0.1, -0.05) is 6.42 Å². The van der Waals surface area contributed by atoms with Crippen LogP contribution in [-0.4, -0.2) is 44.1 Å².